The molecule has 1 aliphatic carbocycles. The molecule has 2 aromatic heterocycles. The fourth-order valence-electron chi connectivity index (χ4n) is 6.12. The number of nitrogens with zero attached hydrogens (tertiary/aromatic N) is 5. The van der Waals surface area contributed by atoms with Crippen molar-refractivity contribution in [3.05, 3.63) is 30.6 Å². The molecule has 1 saturated heterocycles. The quantitative estimate of drug-likeness (QED) is 0.393. The Morgan fingerprint density at radius 2 is 1.84 bits per heavy atom. The van der Waals surface area contributed by atoms with Gasteiger partial charge in [-0.3, -0.25) is 9.69 Å². The number of ether oxygens (including phenoxy) is 2. The topological polar surface area (TPSA) is 102 Å². The van der Waals surface area contributed by atoms with Crippen LogP contribution in [0.5, 0.6) is 5.88 Å². The summed E-state index contributed by atoms with van der Waals surface area (Å²) < 4.78 is 14.7. The van der Waals surface area contributed by atoms with Crippen LogP contribution in [0.4, 0.5) is 16.2 Å². The first kappa shape index (κ1) is 29.3. The Hall–Kier alpha value is -3.82. The highest BCUT2D eigenvalue weighted by molar-refractivity contribution is 5.96. The van der Waals surface area contributed by atoms with E-state index in [1.54, 1.807) is 0 Å². The van der Waals surface area contributed by atoms with E-state index in [4.69, 9.17) is 19.4 Å². The van der Waals surface area contributed by atoms with Gasteiger partial charge in [0.25, 0.3) is 0 Å². The van der Waals surface area contributed by atoms with E-state index in [1.165, 1.54) is 0 Å². The number of carbonyl (C=O) groups is 2. The molecular weight excluding hydrogens is 544 g/mol. The summed E-state index contributed by atoms with van der Waals surface area (Å²) >= 11 is 0. The number of rotatable bonds is 5. The summed E-state index contributed by atoms with van der Waals surface area (Å²) in [6.07, 6.45) is 3.97. The molecular formula is C33H44N6O4. The molecule has 1 aromatic carbocycles. The lowest BCUT2D eigenvalue weighted by Crippen LogP contribution is -2.57. The van der Waals surface area contributed by atoms with Gasteiger partial charge in [-0.15, -0.1) is 0 Å². The van der Waals surface area contributed by atoms with Gasteiger partial charge in [0.15, 0.2) is 0 Å². The van der Waals surface area contributed by atoms with Crippen LogP contribution in [-0.4, -0.2) is 64.4 Å². The number of pyridine rings is 1. The van der Waals surface area contributed by atoms with Gasteiger partial charge in [-0.1, -0.05) is 26.8 Å². The van der Waals surface area contributed by atoms with Crippen molar-refractivity contribution in [3.63, 3.8) is 0 Å². The lowest BCUT2D eigenvalue weighted by atomic mass is 9.83. The number of hydrogen-bond donors (Lipinski definition) is 1. The fourth-order valence-corrected chi connectivity index (χ4v) is 6.12. The van der Waals surface area contributed by atoms with Crippen LogP contribution in [0.25, 0.3) is 22.3 Å². The van der Waals surface area contributed by atoms with Gasteiger partial charge in [-0.25, -0.2) is 14.8 Å². The number of fused-ring (bicyclic) bond motifs is 2. The van der Waals surface area contributed by atoms with E-state index in [0.717, 1.165) is 40.8 Å². The van der Waals surface area contributed by atoms with Crippen molar-refractivity contribution in [1.29, 1.82) is 0 Å². The molecule has 230 valence electrons. The average molecular weight is 589 g/mol. The van der Waals surface area contributed by atoms with Gasteiger partial charge >= 0.3 is 6.09 Å². The zero-order valence-electron chi connectivity index (χ0n) is 26.6. The number of imidazole rings is 1. The lowest BCUT2D eigenvalue weighted by molar-refractivity contribution is -0.119. The summed E-state index contributed by atoms with van der Waals surface area (Å²) in [6, 6.07) is 8.42. The molecule has 10 nitrogen and oxygen atoms in total. The van der Waals surface area contributed by atoms with Crippen LogP contribution < -0.4 is 19.9 Å². The van der Waals surface area contributed by atoms with Crippen molar-refractivity contribution >= 4 is 34.4 Å². The zero-order chi connectivity index (χ0) is 30.8. The minimum Gasteiger partial charge on any atom is -0.473 e. The first-order chi connectivity index (χ1) is 20.2. The van der Waals surface area contributed by atoms with Gasteiger partial charge in [0.1, 0.15) is 17.2 Å². The molecule has 2 amide bonds. The van der Waals surface area contributed by atoms with Crippen molar-refractivity contribution in [2.75, 3.05) is 29.9 Å². The van der Waals surface area contributed by atoms with E-state index < -0.39 is 5.60 Å². The van der Waals surface area contributed by atoms with Gasteiger partial charge in [0.05, 0.1) is 35.0 Å². The molecule has 3 atom stereocenters. The Bertz CT molecular complexity index is 1560. The molecule has 0 spiro atoms. The predicted octanol–water partition coefficient (Wildman–Crippen LogP) is 5.94. The van der Waals surface area contributed by atoms with Crippen LogP contribution in [0.15, 0.2) is 30.6 Å². The highest BCUT2D eigenvalue weighted by Crippen LogP contribution is 2.44. The average Bonchev–Trinajstić information content (AvgIpc) is 3.51. The highest BCUT2D eigenvalue weighted by Gasteiger charge is 2.42. The Morgan fingerprint density at radius 1 is 1.09 bits per heavy atom. The molecule has 43 heavy (non-hydrogen) atoms. The van der Waals surface area contributed by atoms with Gasteiger partial charge in [0.2, 0.25) is 11.8 Å². The Balaban J connectivity index is 1.44. The molecule has 10 heteroatoms. The van der Waals surface area contributed by atoms with E-state index in [1.807, 2.05) is 57.1 Å². The van der Waals surface area contributed by atoms with Crippen LogP contribution in [0, 0.1) is 11.3 Å². The van der Waals surface area contributed by atoms with Gasteiger partial charge < -0.3 is 24.3 Å². The van der Waals surface area contributed by atoms with Crippen LogP contribution in [-0.2, 0) is 9.53 Å². The van der Waals surface area contributed by atoms with E-state index in [-0.39, 0.29) is 35.5 Å². The number of amides is 2. The number of benzene rings is 1. The second-order valence-electron chi connectivity index (χ2n) is 14.5. The Labute approximate surface area is 253 Å². The first-order valence-electron chi connectivity index (χ1n) is 15.4. The number of aromatic nitrogens is 3. The van der Waals surface area contributed by atoms with Crippen LogP contribution in [0.1, 0.15) is 73.8 Å². The third-order valence-electron chi connectivity index (χ3n) is 8.72. The summed E-state index contributed by atoms with van der Waals surface area (Å²) in [7, 11) is 2.06. The third kappa shape index (κ3) is 5.76. The maximum Gasteiger partial charge on any atom is 0.415 e. The van der Waals surface area contributed by atoms with E-state index in [2.05, 4.69) is 48.7 Å². The van der Waals surface area contributed by atoms with Crippen molar-refractivity contribution in [1.82, 2.24) is 19.9 Å². The number of anilines is 2. The molecule has 3 aliphatic rings. The smallest absolute Gasteiger partial charge is 0.415 e. The molecule has 2 fully saturated rings. The molecule has 2 aliphatic heterocycles. The van der Waals surface area contributed by atoms with Crippen molar-refractivity contribution in [2.24, 2.45) is 11.3 Å². The predicted molar refractivity (Wildman–Crippen MR) is 168 cm³/mol. The molecule has 4 heterocycles. The maximum absolute atomic E-state index is 13.8. The molecule has 6 rings (SSSR count). The highest BCUT2D eigenvalue weighted by atomic mass is 16.6. The van der Waals surface area contributed by atoms with Gasteiger partial charge in [-0.05, 0) is 64.2 Å². The third-order valence-corrected chi connectivity index (χ3v) is 8.72. The van der Waals surface area contributed by atoms with Crippen molar-refractivity contribution in [2.45, 2.75) is 91.5 Å². The summed E-state index contributed by atoms with van der Waals surface area (Å²) in [5.74, 6) is 0.647. The van der Waals surface area contributed by atoms with Crippen molar-refractivity contribution < 1.29 is 19.1 Å². The Morgan fingerprint density at radius 3 is 2.47 bits per heavy atom. The summed E-state index contributed by atoms with van der Waals surface area (Å²) in [6.45, 7) is 15.4. The number of hydrogen-bond acceptors (Lipinski definition) is 7. The van der Waals surface area contributed by atoms with Crippen molar-refractivity contribution in [3.8, 4) is 17.1 Å². The van der Waals surface area contributed by atoms with Crippen LogP contribution in [0.3, 0.4) is 0 Å². The first-order valence-corrected chi connectivity index (χ1v) is 15.4. The Kier molecular flexibility index (Phi) is 7.09. The molecule has 1 saturated carbocycles. The number of carbonyl (C=O) groups excluding carboxylic acids is 2. The molecule has 1 unspecified atom stereocenters. The number of likely N-dealkylation sites (N-methyl/N-ethyl adjacent to an activating group) is 1. The maximum atomic E-state index is 13.8. The minimum atomic E-state index is -0.629. The minimum absolute atomic E-state index is 0.0532. The number of nitrogens with one attached hydrogen (secondary N) is 1. The molecule has 3 aromatic rings. The molecule has 0 bridgehead atoms. The standard InChI is InChI=1S/C33H44N6O4/c1-19(21-14-28(40)34-16-21)42-30-29-24(35-18-38(29)22-10-11-22)15-23(36-30)20-9-12-25-26(13-20)39(31(41)43-33(5,6)7)27(17-37(25)8)32(2,3)4/h9,12-13,15,18-19,21-22,27H,10-11,14,16-17H2,1-8H3,(H,34,40)/t19-,21-,27?/m1/s1. The second-order valence-corrected chi connectivity index (χ2v) is 14.5. The van der Waals surface area contributed by atoms with E-state index in [9.17, 15) is 9.59 Å². The summed E-state index contributed by atoms with van der Waals surface area (Å²) in [4.78, 5) is 39.5. The zero-order valence-corrected chi connectivity index (χ0v) is 26.6. The SMILES string of the molecule is C[C@@H](Oc1nc(-c2ccc3c(c2)N(C(=O)OC(C)(C)C)C(C(C)(C)C)CN3C)cc2ncn(C3CC3)c12)[C@H]1CNC(=O)C1. The van der Waals surface area contributed by atoms with Crippen LogP contribution in [0.2, 0.25) is 0 Å². The normalized spacial score (nSPS) is 21.5. The van der Waals surface area contributed by atoms with Crippen LogP contribution >= 0.6 is 0 Å². The van der Waals surface area contributed by atoms with Gasteiger partial charge in [0, 0.05) is 44.1 Å². The van der Waals surface area contributed by atoms with Gasteiger partial charge in [-0.2, -0.15) is 0 Å². The molecule has 0 radical (unpaired) electrons. The van der Waals surface area contributed by atoms with E-state index in [0.29, 0.717) is 37.1 Å². The lowest BCUT2D eigenvalue weighted by Gasteiger charge is -2.47. The molecule has 1 N–H and O–H groups in total. The summed E-state index contributed by atoms with van der Waals surface area (Å²) in [5, 5.41) is 2.92. The largest absolute Gasteiger partial charge is 0.473 e. The van der Waals surface area contributed by atoms with E-state index >= 15 is 0 Å². The monoisotopic (exact) mass is 588 g/mol. The second kappa shape index (κ2) is 10.4. The summed E-state index contributed by atoms with van der Waals surface area (Å²) in [5.41, 5.74) is 4.18. The fraction of sp³-hybridized carbons (Fsp3) is 0.576.